The Morgan fingerprint density at radius 1 is 1.06 bits per heavy atom. The number of hydrogen-bond donors (Lipinski definition) is 1. The van der Waals surface area contributed by atoms with Gasteiger partial charge in [0, 0.05) is 55.2 Å². The van der Waals surface area contributed by atoms with Crippen molar-refractivity contribution >= 4 is 17.4 Å². The maximum atomic E-state index is 13.0. The van der Waals surface area contributed by atoms with Gasteiger partial charge in [0.15, 0.2) is 5.82 Å². The van der Waals surface area contributed by atoms with Crippen LogP contribution in [0.15, 0.2) is 77.7 Å². The number of carbonyl (C=O) groups excluding carboxylic acids is 1. The number of likely N-dealkylation sites (tertiary alicyclic amines) is 1. The third-order valence-corrected chi connectivity index (χ3v) is 5.71. The molecule has 1 N–H and O–H groups in total. The molecule has 1 atom stereocenters. The van der Waals surface area contributed by atoms with E-state index in [2.05, 4.69) is 15.5 Å². The lowest BCUT2D eigenvalue weighted by Crippen LogP contribution is -2.31. The molecule has 0 spiro atoms. The van der Waals surface area contributed by atoms with Crippen molar-refractivity contribution in [2.75, 3.05) is 11.9 Å². The first-order valence-corrected chi connectivity index (χ1v) is 11.1. The molecule has 4 aromatic rings. The molecule has 0 aliphatic carbocycles. The zero-order valence-electron chi connectivity index (χ0n) is 18.1. The van der Waals surface area contributed by atoms with Gasteiger partial charge in [-0.15, -0.1) is 0 Å². The van der Waals surface area contributed by atoms with E-state index in [1.54, 1.807) is 24.7 Å². The van der Waals surface area contributed by atoms with Crippen molar-refractivity contribution < 1.29 is 9.32 Å². The number of hydrogen-bond acceptors (Lipinski definition) is 7. The molecule has 33 heavy (non-hydrogen) atoms. The quantitative estimate of drug-likeness (QED) is 0.450. The minimum absolute atomic E-state index is 0.0735. The number of aromatic nitrogens is 4. The van der Waals surface area contributed by atoms with Crippen LogP contribution in [-0.2, 0) is 11.2 Å². The molecule has 1 saturated heterocycles. The average molecular weight is 441 g/mol. The molecule has 0 bridgehead atoms. The Hall–Kier alpha value is -4.07. The molecule has 4 heterocycles. The number of anilines is 2. The summed E-state index contributed by atoms with van der Waals surface area (Å²) in [6.07, 6.45) is 7.73. The third-order valence-electron chi connectivity index (χ3n) is 5.71. The number of pyridine rings is 1. The van der Waals surface area contributed by atoms with Crippen LogP contribution >= 0.6 is 0 Å². The van der Waals surface area contributed by atoms with Gasteiger partial charge < -0.3 is 14.7 Å². The fourth-order valence-corrected chi connectivity index (χ4v) is 4.10. The van der Waals surface area contributed by atoms with Gasteiger partial charge in [-0.25, -0.2) is 9.97 Å². The van der Waals surface area contributed by atoms with Crippen LogP contribution < -0.4 is 5.32 Å². The Morgan fingerprint density at radius 3 is 2.70 bits per heavy atom. The van der Waals surface area contributed by atoms with Crippen molar-refractivity contribution in [2.45, 2.75) is 31.7 Å². The average Bonchev–Trinajstić information content (AvgIpc) is 3.56. The summed E-state index contributed by atoms with van der Waals surface area (Å²) in [7, 11) is 0. The summed E-state index contributed by atoms with van der Waals surface area (Å²) in [5.41, 5.74) is 2.68. The van der Waals surface area contributed by atoms with Gasteiger partial charge in [-0.2, -0.15) is 0 Å². The third kappa shape index (κ3) is 4.90. The number of carbonyl (C=O) groups is 1. The molecule has 0 unspecified atom stereocenters. The molecular weight excluding hydrogens is 416 g/mol. The molecule has 8 nitrogen and oxygen atoms in total. The highest BCUT2D eigenvalue weighted by atomic mass is 16.5. The lowest BCUT2D eigenvalue weighted by atomic mass is 10.1. The highest BCUT2D eigenvalue weighted by Crippen LogP contribution is 2.33. The van der Waals surface area contributed by atoms with Crippen LogP contribution in [0.1, 0.15) is 36.9 Å². The molecule has 0 radical (unpaired) electrons. The van der Waals surface area contributed by atoms with Crippen molar-refractivity contribution in [2.24, 2.45) is 0 Å². The standard InChI is InChI=1S/C25H24N6O2/c32-24(9-8-20-12-15-27-33-20)31-16-4-7-22(31)25-29-21(18-10-13-26-14-11-18)17-23(30-25)28-19-5-2-1-3-6-19/h1-3,5-6,10-15,17,22H,4,7-9,16H2,(H,28,29,30)/t22-/m0/s1. The van der Waals surface area contributed by atoms with Crippen molar-refractivity contribution in [3.05, 3.63) is 84.8 Å². The summed E-state index contributed by atoms with van der Waals surface area (Å²) in [4.78, 5) is 28.7. The van der Waals surface area contributed by atoms with Gasteiger partial charge in [0.05, 0.1) is 17.9 Å². The lowest BCUT2D eigenvalue weighted by Gasteiger charge is -2.24. The van der Waals surface area contributed by atoms with Crippen LogP contribution in [0, 0.1) is 0 Å². The molecule has 1 aliphatic rings. The molecular formula is C25H24N6O2. The van der Waals surface area contributed by atoms with E-state index in [4.69, 9.17) is 14.5 Å². The number of aryl methyl sites for hydroxylation is 1. The summed E-state index contributed by atoms with van der Waals surface area (Å²) in [5, 5.41) is 7.09. The van der Waals surface area contributed by atoms with Crippen LogP contribution in [0.2, 0.25) is 0 Å². The van der Waals surface area contributed by atoms with E-state index in [1.165, 1.54) is 0 Å². The van der Waals surface area contributed by atoms with Gasteiger partial charge in [0.2, 0.25) is 5.91 Å². The van der Waals surface area contributed by atoms with E-state index in [9.17, 15) is 4.79 Å². The molecule has 8 heteroatoms. The zero-order chi connectivity index (χ0) is 22.5. The Balaban J connectivity index is 1.44. The fourth-order valence-electron chi connectivity index (χ4n) is 4.10. The highest BCUT2D eigenvalue weighted by Gasteiger charge is 2.32. The largest absolute Gasteiger partial charge is 0.361 e. The zero-order valence-corrected chi connectivity index (χ0v) is 18.1. The Morgan fingerprint density at radius 2 is 1.91 bits per heavy atom. The summed E-state index contributed by atoms with van der Waals surface area (Å²) in [6, 6.07) is 17.3. The normalized spacial score (nSPS) is 15.5. The van der Waals surface area contributed by atoms with Crippen LogP contribution in [0.4, 0.5) is 11.5 Å². The molecule has 1 aliphatic heterocycles. The Kier molecular flexibility index (Phi) is 6.06. The molecule has 1 aromatic carbocycles. The number of amides is 1. The van der Waals surface area contributed by atoms with E-state index in [0.29, 0.717) is 36.8 Å². The smallest absolute Gasteiger partial charge is 0.223 e. The van der Waals surface area contributed by atoms with Gasteiger partial charge in [0.1, 0.15) is 11.6 Å². The Labute approximate surface area is 191 Å². The molecule has 5 rings (SSSR count). The van der Waals surface area contributed by atoms with E-state index >= 15 is 0 Å². The summed E-state index contributed by atoms with van der Waals surface area (Å²) in [6.45, 7) is 0.699. The van der Waals surface area contributed by atoms with E-state index in [-0.39, 0.29) is 11.9 Å². The van der Waals surface area contributed by atoms with Crippen LogP contribution in [0.5, 0.6) is 0 Å². The first-order chi connectivity index (χ1) is 16.3. The predicted molar refractivity (Wildman–Crippen MR) is 123 cm³/mol. The summed E-state index contributed by atoms with van der Waals surface area (Å²) < 4.78 is 5.14. The van der Waals surface area contributed by atoms with Crippen LogP contribution in [0.3, 0.4) is 0 Å². The van der Waals surface area contributed by atoms with E-state index < -0.39 is 0 Å². The maximum absolute atomic E-state index is 13.0. The molecule has 1 amide bonds. The maximum Gasteiger partial charge on any atom is 0.223 e. The first-order valence-electron chi connectivity index (χ1n) is 11.1. The van der Waals surface area contributed by atoms with Gasteiger partial charge >= 0.3 is 0 Å². The van der Waals surface area contributed by atoms with Crippen molar-refractivity contribution in [1.29, 1.82) is 0 Å². The molecule has 166 valence electrons. The van der Waals surface area contributed by atoms with E-state index in [0.717, 1.165) is 29.8 Å². The van der Waals surface area contributed by atoms with Crippen molar-refractivity contribution in [3.8, 4) is 11.3 Å². The number of rotatable bonds is 7. The second kappa shape index (κ2) is 9.60. The lowest BCUT2D eigenvalue weighted by molar-refractivity contribution is -0.132. The molecule has 1 fully saturated rings. The number of benzene rings is 1. The monoisotopic (exact) mass is 440 g/mol. The van der Waals surface area contributed by atoms with Gasteiger partial charge in [-0.1, -0.05) is 23.4 Å². The highest BCUT2D eigenvalue weighted by molar-refractivity contribution is 5.77. The van der Waals surface area contributed by atoms with Gasteiger partial charge in [0.25, 0.3) is 0 Å². The summed E-state index contributed by atoms with van der Waals surface area (Å²) >= 11 is 0. The number of nitrogens with one attached hydrogen (secondary N) is 1. The van der Waals surface area contributed by atoms with Gasteiger partial charge in [-0.05, 0) is 37.1 Å². The van der Waals surface area contributed by atoms with Crippen molar-refractivity contribution in [3.63, 3.8) is 0 Å². The van der Waals surface area contributed by atoms with Gasteiger partial charge in [-0.3, -0.25) is 9.78 Å². The van der Waals surface area contributed by atoms with Crippen LogP contribution in [-0.4, -0.2) is 37.5 Å². The minimum atomic E-state index is -0.162. The summed E-state index contributed by atoms with van der Waals surface area (Å²) in [5.74, 6) is 2.13. The molecule has 0 saturated carbocycles. The predicted octanol–water partition coefficient (Wildman–Crippen LogP) is 4.57. The van der Waals surface area contributed by atoms with Crippen LogP contribution in [0.25, 0.3) is 11.3 Å². The van der Waals surface area contributed by atoms with Crippen molar-refractivity contribution in [1.82, 2.24) is 25.0 Å². The fraction of sp³-hybridized carbons (Fsp3) is 0.240. The number of nitrogens with zero attached hydrogens (tertiary/aromatic N) is 5. The second-order valence-corrected chi connectivity index (χ2v) is 7.95. The Bertz CT molecular complexity index is 1200. The molecule has 3 aromatic heterocycles. The second-order valence-electron chi connectivity index (χ2n) is 7.95. The number of para-hydroxylation sites is 1. The SMILES string of the molecule is O=C(CCc1ccno1)N1CCC[C@H]1c1nc(Nc2ccccc2)cc(-c2ccncc2)n1. The minimum Gasteiger partial charge on any atom is -0.361 e. The van der Waals surface area contributed by atoms with E-state index in [1.807, 2.05) is 53.4 Å². The topological polar surface area (TPSA) is 97.0 Å². The first kappa shape index (κ1) is 20.8.